The molecule has 11 heteroatoms. The van der Waals surface area contributed by atoms with Gasteiger partial charge in [-0.05, 0) is 49.8 Å². The quantitative estimate of drug-likeness (QED) is 0.310. The van der Waals surface area contributed by atoms with Gasteiger partial charge >= 0.3 is 11.9 Å². The van der Waals surface area contributed by atoms with Gasteiger partial charge in [0.05, 0.1) is 43.7 Å². The Morgan fingerprint density at radius 1 is 1.03 bits per heavy atom. The average Bonchev–Trinajstić information content (AvgIpc) is 3.22. The highest BCUT2D eigenvalue weighted by molar-refractivity contribution is 7.07. The van der Waals surface area contributed by atoms with Gasteiger partial charge in [0.25, 0.3) is 5.56 Å². The topological polar surface area (TPSA) is 115 Å². The number of aromatic nitrogens is 1. The van der Waals surface area contributed by atoms with E-state index in [0.717, 1.165) is 0 Å². The molecule has 3 aromatic rings. The summed E-state index contributed by atoms with van der Waals surface area (Å²) < 4.78 is 28.7. The molecular formula is C28H28N2O8S. The van der Waals surface area contributed by atoms with Crippen LogP contribution in [0.3, 0.4) is 0 Å². The molecule has 0 aliphatic carbocycles. The number of rotatable bonds is 8. The van der Waals surface area contributed by atoms with Crippen LogP contribution in [0.4, 0.5) is 0 Å². The van der Waals surface area contributed by atoms with Crippen molar-refractivity contribution in [2.45, 2.75) is 26.8 Å². The van der Waals surface area contributed by atoms with E-state index in [2.05, 4.69) is 4.99 Å². The number of methoxy groups -OCH3 is 3. The molecule has 10 nitrogen and oxygen atoms in total. The van der Waals surface area contributed by atoms with Gasteiger partial charge in [-0.1, -0.05) is 17.4 Å². The molecule has 1 atom stereocenters. The van der Waals surface area contributed by atoms with Crippen LogP contribution in [0, 0.1) is 0 Å². The Morgan fingerprint density at radius 3 is 2.41 bits per heavy atom. The molecule has 2 heterocycles. The van der Waals surface area contributed by atoms with Crippen molar-refractivity contribution in [2.75, 3.05) is 27.9 Å². The van der Waals surface area contributed by atoms with Crippen LogP contribution in [0.1, 0.15) is 37.9 Å². The molecule has 0 saturated carbocycles. The number of ether oxygens (including phenoxy) is 5. The molecule has 0 fully saturated rings. The maximum Gasteiger partial charge on any atom is 0.338 e. The van der Waals surface area contributed by atoms with Crippen LogP contribution in [0.15, 0.2) is 57.5 Å². The van der Waals surface area contributed by atoms with E-state index in [-0.39, 0.29) is 23.5 Å². The second-order valence-corrected chi connectivity index (χ2v) is 9.42. The van der Waals surface area contributed by atoms with Crippen molar-refractivity contribution in [3.05, 3.63) is 78.5 Å². The number of benzene rings is 2. The molecule has 39 heavy (non-hydrogen) atoms. The normalized spacial score (nSPS) is 14.8. The summed E-state index contributed by atoms with van der Waals surface area (Å²) in [5.41, 5.74) is 1.56. The van der Waals surface area contributed by atoms with Gasteiger partial charge in [-0.25, -0.2) is 9.79 Å². The van der Waals surface area contributed by atoms with Crippen LogP contribution < -0.4 is 33.8 Å². The zero-order valence-corrected chi connectivity index (χ0v) is 23.2. The van der Waals surface area contributed by atoms with Gasteiger partial charge in [-0.15, -0.1) is 0 Å². The number of carbonyl (C=O) groups is 2. The van der Waals surface area contributed by atoms with Crippen molar-refractivity contribution in [2.24, 2.45) is 4.99 Å². The minimum atomic E-state index is -0.843. The number of carbonyl (C=O) groups excluding carboxylic acids is 2. The number of esters is 2. The summed E-state index contributed by atoms with van der Waals surface area (Å²) in [6.07, 6.45) is 1.69. The maximum atomic E-state index is 13.9. The van der Waals surface area contributed by atoms with Gasteiger partial charge in [-0.3, -0.25) is 14.2 Å². The van der Waals surface area contributed by atoms with E-state index < -0.39 is 18.0 Å². The predicted octanol–water partition coefficient (Wildman–Crippen LogP) is 2.75. The van der Waals surface area contributed by atoms with Gasteiger partial charge in [0.1, 0.15) is 17.5 Å². The first kappa shape index (κ1) is 27.6. The lowest BCUT2D eigenvalue weighted by molar-refractivity contribution is -0.139. The summed E-state index contributed by atoms with van der Waals surface area (Å²) in [6.45, 7) is 4.89. The molecule has 204 valence electrons. The highest BCUT2D eigenvalue weighted by atomic mass is 32.1. The highest BCUT2D eigenvalue weighted by Gasteiger charge is 2.35. The summed E-state index contributed by atoms with van der Waals surface area (Å²) in [5, 5.41) is 0. The Bertz CT molecular complexity index is 1650. The minimum Gasteiger partial charge on any atom is -0.497 e. The standard InChI is InChI=1S/C28H28N2O8S/c1-7-37-27(33)24-15(2)29-28-30(25(24)19-10-9-18(34-4)14-21(19)35-5)26(32)23(39-28)13-17-8-11-20(38-16(3)31)22(12-17)36-6/h8-14,25H,7H2,1-6H3/b23-13-/t25-/m0/s1. The SMILES string of the molecule is CCOC(=O)C1=C(C)N=c2s/c(=C\c3ccc(OC(C)=O)c(OC)c3)c(=O)n2[C@H]1c1ccc(OC)cc1OC. The smallest absolute Gasteiger partial charge is 0.338 e. The minimum absolute atomic E-state index is 0.164. The third-order valence-corrected chi connectivity index (χ3v) is 6.97. The van der Waals surface area contributed by atoms with Gasteiger partial charge in [0, 0.05) is 18.6 Å². The molecule has 1 aromatic heterocycles. The Balaban J connectivity index is 1.93. The number of hydrogen-bond acceptors (Lipinski definition) is 10. The molecular weight excluding hydrogens is 524 g/mol. The van der Waals surface area contributed by atoms with Crippen molar-refractivity contribution in [1.29, 1.82) is 0 Å². The van der Waals surface area contributed by atoms with Crippen LogP contribution in [0.25, 0.3) is 6.08 Å². The van der Waals surface area contributed by atoms with Gasteiger partial charge in [-0.2, -0.15) is 0 Å². The molecule has 0 saturated heterocycles. The molecule has 0 unspecified atom stereocenters. The van der Waals surface area contributed by atoms with E-state index in [1.165, 1.54) is 37.0 Å². The largest absolute Gasteiger partial charge is 0.497 e. The third-order valence-electron chi connectivity index (χ3n) is 5.99. The van der Waals surface area contributed by atoms with E-state index in [9.17, 15) is 14.4 Å². The molecule has 1 aliphatic rings. The van der Waals surface area contributed by atoms with Crippen molar-refractivity contribution in [1.82, 2.24) is 4.57 Å². The van der Waals surface area contributed by atoms with Gasteiger partial charge in [0.2, 0.25) is 0 Å². The lowest BCUT2D eigenvalue weighted by Gasteiger charge is -2.26. The van der Waals surface area contributed by atoms with E-state index in [1.54, 1.807) is 63.4 Å². The number of allylic oxidation sites excluding steroid dienone is 1. The molecule has 2 aromatic carbocycles. The monoisotopic (exact) mass is 552 g/mol. The first-order valence-electron chi connectivity index (χ1n) is 12.0. The second-order valence-electron chi connectivity index (χ2n) is 8.41. The van der Waals surface area contributed by atoms with E-state index >= 15 is 0 Å². The van der Waals surface area contributed by atoms with Crippen LogP contribution in [-0.2, 0) is 14.3 Å². The van der Waals surface area contributed by atoms with E-state index in [0.29, 0.717) is 43.4 Å². The Morgan fingerprint density at radius 2 is 1.77 bits per heavy atom. The van der Waals surface area contributed by atoms with Crippen molar-refractivity contribution < 1.29 is 33.3 Å². The van der Waals surface area contributed by atoms with Gasteiger partial charge in [0.15, 0.2) is 16.3 Å². The Hall–Kier alpha value is -4.38. The molecule has 0 N–H and O–H groups in total. The molecule has 1 aliphatic heterocycles. The molecule has 0 spiro atoms. The van der Waals surface area contributed by atoms with E-state index in [4.69, 9.17) is 23.7 Å². The summed E-state index contributed by atoms with van der Waals surface area (Å²) in [4.78, 5) is 43.4. The summed E-state index contributed by atoms with van der Waals surface area (Å²) in [7, 11) is 4.51. The summed E-state index contributed by atoms with van der Waals surface area (Å²) in [6, 6.07) is 9.31. The Kier molecular flexibility index (Phi) is 8.20. The number of thiazole rings is 1. The number of nitrogens with zero attached hydrogens (tertiary/aromatic N) is 2. The lowest BCUT2D eigenvalue weighted by atomic mass is 9.95. The van der Waals surface area contributed by atoms with Crippen LogP contribution >= 0.6 is 11.3 Å². The van der Waals surface area contributed by atoms with Crippen LogP contribution in [0.5, 0.6) is 23.0 Å². The van der Waals surface area contributed by atoms with Crippen molar-refractivity contribution in [3.63, 3.8) is 0 Å². The molecule has 4 rings (SSSR count). The van der Waals surface area contributed by atoms with Crippen LogP contribution in [0.2, 0.25) is 0 Å². The van der Waals surface area contributed by atoms with Gasteiger partial charge < -0.3 is 23.7 Å². The second kappa shape index (κ2) is 11.6. The number of hydrogen-bond donors (Lipinski definition) is 0. The van der Waals surface area contributed by atoms with Crippen LogP contribution in [-0.4, -0.2) is 44.4 Å². The fourth-order valence-electron chi connectivity index (χ4n) is 4.29. The fourth-order valence-corrected chi connectivity index (χ4v) is 5.34. The number of fused-ring (bicyclic) bond motifs is 1. The third kappa shape index (κ3) is 5.44. The first-order valence-corrected chi connectivity index (χ1v) is 12.8. The average molecular weight is 553 g/mol. The van der Waals surface area contributed by atoms with Crippen molar-refractivity contribution in [3.8, 4) is 23.0 Å². The zero-order chi connectivity index (χ0) is 28.3. The first-order chi connectivity index (χ1) is 18.7. The molecule has 0 amide bonds. The maximum absolute atomic E-state index is 13.9. The Labute approximate surface area is 228 Å². The summed E-state index contributed by atoms with van der Waals surface area (Å²) in [5.74, 6) is 0.569. The van der Waals surface area contributed by atoms with Crippen molar-refractivity contribution >= 4 is 29.4 Å². The predicted molar refractivity (Wildman–Crippen MR) is 144 cm³/mol. The fraction of sp³-hybridized carbons (Fsp3) is 0.286. The summed E-state index contributed by atoms with van der Waals surface area (Å²) >= 11 is 1.19. The highest BCUT2D eigenvalue weighted by Crippen LogP contribution is 2.37. The van der Waals surface area contributed by atoms with E-state index in [1.807, 2.05) is 0 Å². The lowest BCUT2D eigenvalue weighted by Crippen LogP contribution is -2.40. The molecule has 0 bridgehead atoms. The zero-order valence-electron chi connectivity index (χ0n) is 22.4. The molecule has 0 radical (unpaired) electrons.